The maximum atomic E-state index is 12.1. The highest BCUT2D eigenvalue weighted by molar-refractivity contribution is 7.89. The van der Waals surface area contributed by atoms with E-state index in [0.717, 1.165) is 5.69 Å². The monoisotopic (exact) mass is 274 g/mol. The van der Waals surface area contributed by atoms with E-state index in [0.29, 0.717) is 32.8 Å². The summed E-state index contributed by atoms with van der Waals surface area (Å²) in [7, 11) is -1.75. The lowest BCUT2D eigenvalue weighted by Crippen LogP contribution is -2.48. The number of nitrogens with zero attached hydrogens (tertiary/aromatic N) is 2. The van der Waals surface area contributed by atoms with Crippen molar-refractivity contribution >= 4 is 10.0 Å². The van der Waals surface area contributed by atoms with Crippen LogP contribution in [0, 0.1) is 0 Å². The van der Waals surface area contributed by atoms with E-state index in [4.69, 9.17) is 10.5 Å². The average molecular weight is 274 g/mol. The number of hydrogen-bond acceptors (Lipinski definition) is 5. The molecule has 1 aliphatic heterocycles. The van der Waals surface area contributed by atoms with E-state index in [1.54, 1.807) is 28.9 Å². The third-order valence-corrected chi connectivity index (χ3v) is 4.21. The minimum absolute atomic E-state index is 0.233. The number of sulfonamides is 1. The number of morpholine rings is 1. The maximum absolute atomic E-state index is 12.1. The molecule has 0 unspecified atom stereocenters. The van der Waals surface area contributed by atoms with E-state index in [2.05, 4.69) is 4.83 Å². The first kappa shape index (κ1) is 13.5. The molecule has 0 aliphatic carbocycles. The van der Waals surface area contributed by atoms with E-state index in [1.807, 2.05) is 0 Å². The van der Waals surface area contributed by atoms with Gasteiger partial charge in [-0.1, -0.05) is 0 Å². The van der Waals surface area contributed by atoms with Crippen molar-refractivity contribution in [3.05, 3.63) is 18.0 Å². The number of rotatable bonds is 4. The molecule has 0 spiro atoms. The minimum Gasteiger partial charge on any atom is -0.379 e. The third-order valence-electron chi connectivity index (χ3n) is 2.86. The first-order valence-electron chi connectivity index (χ1n) is 5.73. The molecule has 18 heavy (non-hydrogen) atoms. The van der Waals surface area contributed by atoms with E-state index in [-0.39, 0.29) is 4.90 Å². The zero-order valence-corrected chi connectivity index (χ0v) is 11.1. The van der Waals surface area contributed by atoms with Gasteiger partial charge in [-0.3, -0.25) is 0 Å². The number of nitrogens with one attached hydrogen (secondary N) is 1. The highest BCUT2D eigenvalue weighted by atomic mass is 32.2. The number of nitrogens with two attached hydrogens (primary N) is 1. The molecule has 0 amide bonds. The minimum atomic E-state index is -3.53. The van der Waals surface area contributed by atoms with Crippen LogP contribution in [-0.4, -0.2) is 44.3 Å². The van der Waals surface area contributed by atoms with Gasteiger partial charge in [-0.05, 0) is 6.07 Å². The van der Waals surface area contributed by atoms with Gasteiger partial charge >= 0.3 is 0 Å². The Kier molecular flexibility index (Phi) is 4.03. The fourth-order valence-electron chi connectivity index (χ4n) is 1.80. The van der Waals surface area contributed by atoms with Gasteiger partial charge < -0.3 is 15.0 Å². The van der Waals surface area contributed by atoms with E-state index in [9.17, 15) is 8.42 Å². The van der Waals surface area contributed by atoms with Gasteiger partial charge in [-0.25, -0.2) is 13.4 Å². The molecule has 102 valence electrons. The summed E-state index contributed by atoms with van der Waals surface area (Å²) in [4.78, 5) is 2.78. The third kappa shape index (κ3) is 2.90. The second-order valence-electron chi connectivity index (χ2n) is 4.18. The van der Waals surface area contributed by atoms with Crippen LogP contribution in [0.4, 0.5) is 0 Å². The smallest absolute Gasteiger partial charge is 0.254 e. The molecule has 1 aliphatic rings. The molecular formula is C10H18N4O3S. The number of hydrogen-bond donors (Lipinski definition) is 2. The van der Waals surface area contributed by atoms with Crippen molar-refractivity contribution in [2.45, 2.75) is 11.4 Å². The first-order valence-corrected chi connectivity index (χ1v) is 7.22. The lowest BCUT2D eigenvalue weighted by atomic mass is 10.4. The Morgan fingerprint density at radius 3 is 2.67 bits per heavy atom. The Morgan fingerprint density at radius 2 is 2.11 bits per heavy atom. The molecule has 1 aromatic rings. The van der Waals surface area contributed by atoms with Crippen molar-refractivity contribution in [1.29, 1.82) is 0 Å². The van der Waals surface area contributed by atoms with Crippen LogP contribution in [0.3, 0.4) is 0 Å². The summed E-state index contributed by atoms with van der Waals surface area (Å²) in [6, 6.07) is 1.59. The molecule has 2 rings (SSSR count). The fraction of sp³-hybridized carbons (Fsp3) is 0.600. The number of ether oxygens (including phenoxy) is 1. The van der Waals surface area contributed by atoms with Crippen LogP contribution < -0.4 is 10.6 Å². The summed E-state index contributed by atoms with van der Waals surface area (Å²) >= 11 is 0. The molecule has 0 bridgehead atoms. The van der Waals surface area contributed by atoms with Crippen LogP contribution in [0.2, 0.25) is 0 Å². The molecule has 0 radical (unpaired) electrons. The maximum Gasteiger partial charge on any atom is 0.254 e. The van der Waals surface area contributed by atoms with E-state index < -0.39 is 10.0 Å². The van der Waals surface area contributed by atoms with Crippen LogP contribution in [0.5, 0.6) is 0 Å². The molecule has 0 atom stereocenters. The zero-order chi connectivity index (χ0) is 13.2. The van der Waals surface area contributed by atoms with Gasteiger partial charge in [0, 0.05) is 38.6 Å². The van der Waals surface area contributed by atoms with Crippen molar-refractivity contribution in [3.63, 3.8) is 0 Å². The van der Waals surface area contributed by atoms with Crippen LogP contribution in [0.25, 0.3) is 0 Å². The fourth-order valence-corrected chi connectivity index (χ4v) is 3.02. The Balaban J connectivity index is 2.13. The second kappa shape index (κ2) is 5.37. The summed E-state index contributed by atoms with van der Waals surface area (Å²) in [5.74, 6) is 0. The molecular weight excluding hydrogens is 256 g/mol. The van der Waals surface area contributed by atoms with Gasteiger partial charge in [0.15, 0.2) is 0 Å². The summed E-state index contributed by atoms with van der Waals surface area (Å²) in [5.41, 5.74) is 6.30. The molecule has 0 aromatic carbocycles. The topological polar surface area (TPSA) is 89.6 Å². The van der Waals surface area contributed by atoms with Crippen molar-refractivity contribution in [2.24, 2.45) is 12.8 Å². The Labute approximate surface area is 107 Å². The SMILES string of the molecule is Cn1cc(S(=O)(=O)NN2CCOCC2)cc1CN. The van der Waals surface area contributed by atoms with Gasteiger partial charge in [0.25, 0.3) is 10.0 Å². The highest BCUT2D eigenvalue weighted by Gasteiger charge is 2.21. The number of aryl methyl sites for hydroxylation is 1. The molecule has 7 nitrogen and oxygen atoms in total. The van der Waals surface area contributed by atoms with Crippen molar-refractivity contribution in [3.8, 4) is 0 Å². The molecule has 1 saturated heterocycles. The molecule has 0 saturated carbocycles. The Morgan fingerprint density at radius 1 is 1.44 bits per heavy atom. The molecule has 1 fully saturated rings. The van der Waals surface area contributed by atoms with Gasteiger partial charge in [-0.15, -0.1) is 4.83 Å². The number of hydrazine groups is 1. The van der Waals surface area contributed by atoms with Crippen LogP contribution in [0.15, 0.2) is 17.2 Å². The van der Waals surface area contributed by atoms with Crippen molar-refractivity contribution < 1.29 is 13.2 Å². The quantitative estimate of drug-likeness (QED) is 0.736. The van der Waals surface area contributed by atoms with Crippen molar-refractivity contribution in [2.75, 3.05) is 26.3 Å². The molecule has 1 aromatic heterocycles. The van der Waals surface area contributed by atoms with Crippen molar-refractivity contribution in [1.82, 2.24) is 14.4 Å². The summed E-state index contributed by atoms with van der Waals surface area (Å²) < 4.78 is 31.1. The predicted molar refractivity (Wildman–Crippen MR) is 66.0 cm³/mol. The van der Waals surface area contributed by atoms with Gasteiger partial charge in [-0.2, -0.15) is 0 Å². The summed E-state index contributed by atoms with van der Waals surface area (Å²) in [5, 5.41) is 1.65. The van der Waals surface area contributed by atoms with Gasteiger partial charge in [0.05, 0.1) is 13.2 Å². The van der Waals surface area contributed by atoms with E-state index in [1.165, 1.54) is 0 Å². The molecule has 3 N–H and O–H groups in total. The number of aromatic nitrogens is 1. The average Bonchev–Trinajstić information content (AvgIpc) is 2.72. The van der Waals surface area contributed by atoms with E-state index >= 15 is 0 Å². The standard InChI is InChI=1S/C10H18N4O3S/c1-13-8-10(6-9(13)7-11)18(15,16)12-14-2-4-17-5-3-14/h6,8,12H,2-5,7,11H2,1H3. The summed E-state index contributed by atoms with van der Waals surface area (Å²) in [6.07, 6.45) is 1.56. The first-order chi connectivity index (χ1) is 8.53. The van der Waals surface area contributed by atoms with Crippen LogP contribution in [0.1, 0.15) is 5.69 Å². The normalized spacial score (nSPS) is 18.1. The summed E-state index contributed by atoms with van der Waals surface area (Å²) in [6.45, 7) is 2.48. The molecule has 8 heteroatoms. The van der Waals surface area contributed by atoms with Crippen LogP contribution >= 0.6 is 0 Å². The van der Waals surface area contributed by atoms with Crippen LogP contribution in [-0.2, 0) is 28.4 Å². The van der Waals surface area contributed by atoms with Gasteiger partial charge in [0.1, 0.15) is 4.90 Å². The Bertz CT molecular complexity index is 505. The predicted octanol–water partition coefficient (Wildman–Crippen LogP) is -0.991. The van der Waals surface area contributed by atoms with Gasteiger partial charge in [0.2, 0.25) is 0 Å². The Hall–Kier alpha value is -0.930. The second-order valence-corrected chi connectivity index (χ2v) is 5.84. The molecule has 2 heterocycles. The lowest BCUT2D eigenvalue weighted by Gasteiger charge is -2.26. The zero-order valence-electron chi connectivity index (χ0n) is 10.3. The highest BCUT2D eigenvalue weighted by Crippen LogP contribution is 2.13. The lowest BCUT2D eigenvalue weighted by molar-refractivity contribution is 0.0272. The largest absolute Gasteiger partial charge is 0.379 e.